The fraction of sp³-hybridized carbons (Fsp3) is 0.0870. The van der Waals surface area contributed by atoms with E-state index in [4.69, 9.17) is 0 Å². The molecule has 0 saturated heterocycles. The third kappa shape index (κ3) is 4.51. The van der Waals surface area contributed by atoms with Crippen molar-refractivity contribution in [3.05, 3.63) is 107 Å². The predicted octanol–water partition coefficient (Wildman–Crippen LogP) is 5.27. The Kier molecular flexibility index (Phi) is 5.72. The van der Waals surface area contributed by atoms with Gasteiger partial charge in [0.05, 0.1) is 11.8 Å². The van der Waals surface area contributed by atoms with Gasteiger partial charge in [0, 0.05) is 18.1 Å². The van der Waals surface area contributed by atoms with Gasteiger partial charge in [0.25, 0.3) is 5.91 Å². The van der Waals surface area contributed by atoms with Gasteiger partial charge in [0.15, 0.2) is 5.69 Å². The van der Waals surface area contributed by atoms with E-state index in [2.05, 4.69) is 15.4 Å². The summed E-state index contributed by atoms with van der Waals surface area (Å²) in [5.74, 6) is -1.89. The Hall–Kier alpha value is -4.01. The minimum absolute atomic E-state index is 0.320. The molecule has 5 nitrogen and oxygen atoms in total. The maximum Gasteiger partial charge on any atom is 0.434 e. The van der Waals surface area contributed by atoms with Gasteiger partial charge in [-0.05, 0) is 53.9 Å². The third-order valence-electron chi connectivity index (χ3n) is 4.73. The van der Waals surface area contributed by atoms with Crippen LogP contribution >= 0.6 is 0 Å². The highest BCUT2D eigenvalue weighted by molar-refractivity contribution is 6.05. The lowest BCUT2D eigenvalue weighted by molar-refractivity contribution is -0.143. The Morgan fingerprint density at radius 1 is 0.938 bits per heavy atom. The van der Waals surface area contributed by atoms with E-state index in [1.54, 1.807) is 36.7 Å². The molecular formula is C23H16F4N4O. The van der Waals surface area contributed by atoms with Crippen LogP contribution in [0.3, 0.4) is 0 Å². The van der Waals surface area contributed by atoms with Crippen molar-refractivity contribution >= 4 is 11.6 Å². The van der Waals surface area contributed by atoms with Crippen LogP contribution in [-0.4, -0.2) is 20.7 Å². The summed E-state index contributed by atoms with van der Waals surface area (Å²) in [6.07, 6.45) is -0.139. The molecule has 0 atom stereocenters. The number of rotatable bonds is 5. The van der Waals surface area contributed by atoms with Crippen LogP contribution in [0.25, 0.3) is 5.69 Å². The van der Waals surface area contributed by atoms with Crippen molar-refractivity contribution in [1.29, 1.82) is 0 Å². The van der Waals surface area contributed by atoms with Crippen molar-refractivity contribution < 1.29 is 22.4 Å². The van der Waals surface area contributed by atoms with Crippen LogP contribution in [0.5, 0.6) is 0 Å². The van der Waals surface area contributed by atoms with Crippen molar-refractivity contribution in [3.63, 3.8) is 0 Å². The quantitative estimate of drug-likeness (QED) is 0.430. The highest BCUT2D eigenvalue weighted by atomic mass is 19.4. The molecule has 4 aromatic rings. The highest BCUT2D eigenvalue weighted by Gasteiger charge is 2.41. The largest absolute Gasteiger partial charge is 0.434 e. The fourth-order valence-corrected chi connectivity index (χ4v) is 3.23. The zero-order chi connectivity index (χ0) is 22.7. The number of nitrogens with one attached hydrogen (secondary N) is 1. The van der Waals surface area contributed by atoms with Crippen molar-refractivity contribution in [3.8, 4) is 5.69 Å². The Morgan fingerprint density at radius 2 is 1.59 bits per heavy atom. The first-order chi connectivity index (χ1) is 15.3. The number of anilines is 1. The third-order valence-corrected chi connectivity index (χ3v) is 4.73. The number of carbonyl (C=O) groups is 1. The number of carbonyl (C=O) groups excluding carboxylic acids is 1. The van der Waals surface area contributed by atoms with Crippen LogP contribution in [0.4, 0.5) is 23.2 Å². The lowest BCUT2D eigenvalue weighted by Crippen LogP contribution is -2.21. The molecule has 1 N–H and O–H groups in total. The molecule has 2 heterocycles. The molecule has 32 heavy (non-hydrogen) atoms. The standard InChI is InChI=1S/C23H16F4N4O/c24-19-3-1-2-4-20(19)31-21(23(25,26)27)18(14-29-31)22(32)30-17-7-5-15(6-8-17)13-16-9-11-28-12-10-16/h1-12,14H,13H2,(H,30,32). The van der Waals surface area contributed by atoms with E-state index in [0.29, 0.717) is 16.8 Å². The van der Waals surface area contributed by atoms with E-state index in [-0.39, 0.29) is 0 Å². The predicted molar refractivity (Wildman–Crippen MR) is 110 cm³/mol. The second-order valence-corrected chi connectivity index (χ2v) is 6.95. The Labute approximate surface area is 180 Å². The summed E-state index contributed by atoms with van der Waals surface area (Å²) in [6, 6.07) is 15.4. The zero-order valence-corrected chi connectivity index (χ0v) is 16.5. The number of amides is 1. The molecule has 2 aromatic carbocycles. The minimum atomic E-state index is -4.93. The number of benzene rings is 2. The van der Waals surface area contributed by atoms with Crippen LogP contribution in [0.1, 0.15) is 27.2 Å². The number of aromatic nitrogens is 3. The molecule has 0 bridgehead atoms. The summed E-state index contributed by atoms with van der Waals surface area (Å²) in [4.78, 5) is 16.6. The number of para-hydroxylation sites is 1. The Bertz CT molecular complexity index is 1240. The van der Waals surface area contributed by atoms with Gasteiger partial charge >= 0.3 is 6.18 Å². The molecular weight excluding hydrogens is 424 g/mol. The van der Waals surface area contributed by atoms with Crippen molar-refractivity contribution in [2.24, 2.45) is 0 Å². The van der Waals surface area contributed by atoms with E-state index in [1.807, 2.05) is 12.1 Å². The molecule has 0 radical (unpaired) electrons. The van der Waals surface area contributed by atoms with Crippen molar-refractivity contribution in [2.45, 2.75) is 12.6 Å². The van der Waals surface area contributed by atoms with E-state index >= 15 is 0 Å². The lowest BCUT2D eigenvalue weighted by Gasteiger charge is -2.13. The average Bonchev–Trinajstić information content (AvgIpc) is 3.22. The van der Waals surface area contributed by atoms with Crippen LogP contribution < -0.4 is 5.32 Å². The maximum absolute atomic E-state index is 14.1. The van der Waals surface area contributed by atoms with Gasteiger partial charge in [0.2, 0.25) is 0 Å². The molecule has 0 aliphatic rings. The molecule has 9 heteroatoms. The molecule has 0 aliphatic carbocycles. The summed E-state index contributed by atoms with van der Waals surface area (Å²) in [5.41, 5.74) is -0.139. The van der Waals surface area contributed by atoms with Gasteiger partial charge < -0.3 is 5.32 Å². The van der Waals surface area contributed by atoms with Gasteiger partial charge in [0.1, 0.15) is 11.5 Å². The molecule has 4 rings (SSSR count). The zero-order valence-electron chi connectivity index (χ0n) is 16.5. The van der Waals surface area contributed by atoms with Gasteiger partial charge in [-0.15, -0.1) is 0 Å². The topological polar surface area (TPSA) is 59.8 Å². The molecule has 2 aromatic heterocycles. The number of hydrogen-bond acceptors (Lipinski definition) is 3. The average molecular weight is 440 g/mol. The van der Waals surface area contributed by atoms with E-state index in [1.165, 1.54) is 12.1 Å². The Morgan fingerprint density at radius 3 is 2.25 bits per heavy atom. The molecule has 1 amide bonds. The second kappa shape index (κ2) is 8.62. The fourth-order valence-electron chi connectivity index (χ4n) is 3.23. The first-order valence-electron chi connectivity index (χ1n) is 9.52. The van der Waals surface area contributed by atoms with E-state index < -0.39 is 34.8 Å². The number of alkyl halides is 3. The molecule has 0 fully saturated rings. The van der Waals surface area contributed by atoms with Gasteiger partial charge in [-0.1, -0.05) is 24.3 Å². The molecule has 0 unspecified atom stereocenters. The smallest absolute Gasteiger partial charge is 0.322 e. The normalized spacial score (nSPS) is 11.4. The first kappa shape index (κ1) is 21.2. The first-order valence-corrected chi connectivity index (χ1v) is 9.52. The van der Waals surface area contributed by atoms with Gasteiger partial charge in [-0.3, -0.25) is 9.78 Å². The van der Waals surface area contributed by atoms with Crippen molar-refractivity contribution in [1.82, 2.24) is 14.8 Å². The second-order valence-electron chi connectivity index (χ2n) is 6.95. The number of hydrogen-bond donors (Lipinski definition) is 1. The highest BCUT2D eigenvalue weighted by Crippen LogP contribution is 2.34. The molecule has 162 valence electrons. The summed E-state index contributed by atoms with van der Waals surface area (Å²) in [5, 5.41) is 6.07. The summed E-state index contributed by atoms with van der Waals surface area (Å²) < 4.78 is 55.7. The van der Waals surface area contributed by atoms with E-state index in [9.17, 15) is 22.4 Å². The minimum Gasteiger partial charge on any atom is -0.322 e. The van der Waals surface area contributed by atoms with Crippen LogP contribution in [-0.2, 0) is 12.6 Å². The molecule has 0 aliphatic heterocycles. The number of pyridine rings is 1. The van der Waals surface area contributed by atoms with E-state index in [0.717, 1.165) is 29.5 Å². The van der Waals surface area contributed by atoms with Crippen molar-refractivity contribution in [2.75, 3.05) is 5.32 Å². The van der Waals surface area contributed by atoms with Gasteiger partial charge in [-0.2, -0.15) is 18.3 Å². The Balaban J connectivity index is 1.58. The SMILES string of the molecule is O=C(Nc1ccc(Cc2ccncc2)cc1)c1cnn(-c2ccccc2F)c1C(F)(F)F. The molecule has 0 saturated carbocycles. The number of halogens is 4. The van der Waals surface area contributed by atoms with Gasteiger partial charge in [-0.25, -0.2) is 9.07 Å². The van der Waals surface area contributed by atoms with Crippen LogP contribution in [0, 0.1) is 5.82 Å². The monoisotopic (exact) mass is 440 g/mol. The maximum atomic E-state index is 14.1. The summed E-state index contributed by atoms with van der Waals surface area (Å²) in [7, 11) is 0. The van der Waals surface area contributed by atoms with Crippen LogP contribution in [0.15, 0.2) is 79.3 Å². The summed E-state index contributed by atoms with van der Waals surface area (Å²) in [6.45, 7) is 0. The van der Waals surface area contributed by atoms with Crippen LogP contribution in [0.2, 0.25) is 0 Å². The number of nitrogens with zero attached hydrogens (tertiary/aromatic N) is 3. The lowest BCUT2D eigenvalue weighted by atomic mass is 10.1. The summed E-state index contributed by atoms with van der Waals surface area (Å²) >= 11 is 0. The molecule has 0 spiro atoms.